The second-order valence-electron chi connectivity index (χ2n) is 4.78. The molecule has 102 valence electrons. The number of fused-ring (bicyclic) bond motifs is 1. The average molecular weight is 335 g/mol. The minimum atomic E-state index is -0.334. The van der Waals surface area contributed by atoms with E-state index in [0.29, 0.717) is 12.2 Å². The Balaban J connectivity index is 1.83. The van der Waals surface area contributed by atoms with Crippen LogP contribution in [0.15, 0.2) is 46.9 Å². The van der Waals surface area contributed by atoms with E-state index < -0.39 is 0 Å². The second kappa shape index (κ2) is 5.37. The van der Waals surface area contributed by atoms with Crippen LogP contribution in [0, 0.1) is 5.82 Å². The lowest BCUT2D eigenvalue weighted by molar-refractivity contribution is -0.120. The number of Topliss-reactive ketones (excluding diaryl/α,β-unsaturated/α-hetero) is 1. The maximum atomic E-state index is 13.3. The van der Waals surface area contributed by atoms with Crippen molar-refractivity contribution < 1.29 is 13.9 Å². The first-order valence-electron chi connectivity index (χ1n) is 6.33. The molecule has 0 saturated carbocycles. The first kappa shape index (κ1) is 13.3. The molecular weight excluding hydrogens is 323 g/mol. The number of carbonyl (C=O) groups is 1. The number of benzene rings is 2. The minimum absolute atomic E-state index is 0.0428. The van der Waals surface area contributed by atoms with E-state index in [-0.39, 0.29) is 23.9 Å². The van der Waals surface area contributed by atoms with Crippen LogP contribution in [0.25, 0.3) is 0 Å². The topological polar surface area (TPSA) is 26.3 Å². The molecule has 0 saturated heterocycles. The van der Waals surface area contributed by atoms with Gasteiger partial charge in [0.15, 0.2) is 0 Å². The molecule has 0 radical (unpaired) electrons. The zero-order valence-corrected chi connectivity index (χ0v) is 12.2. The molecule has 1 aliphatic rings. The van der Waals surface area contributed by atoms with E-state index in [4.69, 9.17) is 4.74 Å². The van der Waals surface area contributed by atoms with Crippen molar-refractivity contribution in [3.63, 3.8) is 0 Å². The summed E-state index contributed by atoms with van der Waals surface area (Å²) in [5.41, 5.74) is 1.59. The van der Waals surface area contributed by atoms with Crippen LogP contribution in [0.1, 0.15) is 17.0 Å². The van der Waals surface area contributed by atoms with Gasteiger partial charge in [0.1, 0.15) is 24.0 Å². The molecular formula is C16H12BrFO2. The van der Waals surface area contributed by atoms with E-state index in [1.165, 1.54) is 12.1 Å². The zero-order chi connectivity index (χ0) is 14.1. The Labute approximate surface area is 124 Å². The van der Waals surface area contributed by atoms with E-state index in [2.05, 4.69) is 15.9 Å². The molecule has 2 aromatic rings. The van der Waals surface area contributed by atoms with Crippen molar-refractivity contribution in [2.75, 3.05) is 6.61 Å². The van der Waals surface area contributed by atoms with Crippen molar-refractivity contribution in [1.82, 2.24) is 0 Å². The summed E-state index contributed by atoms with van der Waals surface area (Å²) in [6.45, 7) is 0.366. The van der Waals surface area contributed by atoms with Gasteiger partial charge < -0.3 is 4.74 Å². The summed E-state index contributed by atoms with van der Waals surface area (Å²) in [5, 5.41) is 0. The molecule has 3 rings (SSSR count). The quantitative estimate of drug-likeness (QED) is 0.851. The van der Waals surface area contributed by atoms with E-state index in [9.17, 15) is 9.18 Å². The van der Waals surface area contributed by atoms with Gasteiger partial charge in [-0.1, -0.05) is 34.1 Å². The smallest absolute Gasteiger partial charge is 0.148 e. The molecule has 1 aliphatic heterocycles. The maximum absolute atomic E-state index is 13.3. The van der Waals surface area contributed by atoms with Crippen molar-refractivity contribution in [3.8, 4) is 5.75 Å². The average Bonchev–Trinajstić information content (AvgIpc) is 2.87. The molecule has 1 heterocycles. The van der Waals surface area contributed by atoms with Crippen LogP contribution in [0.3, 0.4) is 0 Å². The molecule has 2 nitrogen and oxygen atoms in total. The summed E-state index contributed by atoms with van der Waals surface area (Å²) in [6.07, 6.45) is 0.195. The highest BCUT2D eigenvalue weighted by Gasteiger charge is 2.29. The van der Waals surface area contributed by atoms with Crippen molar-refractivity contribution in [2.45, 2.75) is 12.3 Å². The largest absolute Gasteiger partial charge is 0.492 e. The van der Waals surface area contributed by atoms with Gasteiger partial charge >= 0.3 is 0 Å². The number of halogens is 2. The Morgan fingerprint density at radius 3 is 2.95 bits per heavy atom. The Bertz CT molecular complexity index is 669. The zero-order valence-electron chi connectivity index (χ0n) is 10.6. The third kappa shape index (κ3) is 2.48. The first-order valence-corrected chi connectivity index (χ1v) is 7.13. The lowest BCUT2D eigenvalue weighted by Gasteiger charge is -2.09. The predicted octanol–water partition coefficient (Wildman–Crippen LogP) is 3.88. The van der Waals surface area contributed by atoms with Gasteiger partial charge in [-0.3, -0.25) is 4.79 Å². The number of ketones is 1. The van der Waals surface area contributed by atoms with Gasteiger partial charge in [0.25, 0.3) is 0 Å². The van der Waals surface area contributed by atoms with Crippen molar-refractivity contribution in [2.24, 2.45) is 0 Å². The summed E-state index contributed by atoms with van der Waals surface area (Å²) >= 11 is 3.35. The van der Waals surface area contributed by atoms with Crippen LogP contribution in [0.5, 0.6) is 5.75 Å². The molecule has 0 bridgehead atoms. The summed E-state index contributed by atoms with van der Waals surface area (Å²) in [6, 6.07) is 11.9. The minimum Gasteiger partial charge on any atom is -0.492 e. The molecule has 0 spiro atoms. The SMILES string of the molecule is O=C(Cc1cc(F)ccc1Br)C1COc2ccccc21. The highest BCUT2D eigenvalue weighted by atomic mass is 79.9. The number of carbonyl (C=O) groups excluding carboxylic acids is 1. The molecule has 0 fully saturated rings. The second-order valence-corrected chi connectivity index (χ2v) is 5.63. The third-order valence-corrected chi connectivity index (χ3v) is 4.23. The fourth-order valence-corrected chi connectivity index (χ4v) is 2.81. The fraction of sp³-hybridized carbons (Fsp3) is 0.188. The van der Waals surface area contributed by atoms with E-state index >= 15 is 0 Å². The molecule has 1 unspecified atom stereocenters. The van der Waals surface area contributed by atoms with Crippen LogP contribution >= 0.6 is 15.9 Å². The van der Waals surface area contributed by atoms with Gasteiger partial charge in [0.2, 0.25) is 0 Å². The normalized spacial score (nSPS) is 16.6. The number of hydrogen-bond donors (Lipinski definition) is 0. The Hall–Kier alpha value is -1.68. The fourth-order valence-electron chi connectivity index (χ4n) is 2.42. The van der Waals surface area contributed by atoms with Gasteiger partial charge in [-0.05, 0) is 29.8 Å². The Morgan fingerprint density at radius 2 is 2.10 bits per heavy atom. The predicted molar refractivity (Wildman–Crippen MR) is 77.5 cm³/mol. The number of hydrogen-bond acceptors (Lipinski definition) is 2. The van der Waals surface area contributed by atoms with Crippen molar-refractivity contribution in [3.05, 3.63) is 63.9 Å². The van der Waals surface area contributed by atoms with Gasteiger partial charge in [-0.15, -0.1) is 0 Å². The molecule has 2 aromatic carbocycles. The molecule has 1 atom stereocenters. The third-order valence-electron chi connectivity index (χ3n) is 3.46. The van der Waals surface area contributed by atoms with E-state index in [1.807, 2.05) is 24.3 Å². The highest BCUT2D eigenvalue weighted by Crippen LogP contribution is 2.35. The highest BCUT2D eigenvalue weighted by molar-refractivity contribution is 9.10. The van der Waals surface area contributed by atoms with Gasteiger partial charge in [-0.25, -0.2) is 4.39 Å². The van der Waals surface area contributed by atoms with Crippen LogP contribution < -0.4 is 4.74 Å². The summed E-state index contributed by atoms with van der Waals surface area (Å²) in [7, 11) is 0. The Kier molecular flexibility index (Phi) is 3.57. The lowest BCUT2D eigenvalue weighted by Crippen LogP contribution is -2.16. The lowest BCUT2D eigenvalue weighted by atomic mass is 9.93. The van der Waals surface area contributed by atoms with Crippen LogP contribution in [-0.2, 0) is 11.2 Å². The van der Waals surface area contributed by atoms with Gasteiger partial charge in [-0.2, -0.15) is 0 Å². The van der Waals surface area contributed by atoms with Gasteiger partial charge in [0, 0.05) is 16.5 Å². The van der Waals surface area contributed by atoms with Crippen molar-refractivity contribution in [1.29, 1.82) is 0 Å². The molecule has 0 N–H and O–H groups in total. The summed E-state index contributed by atoms with van der Waals surface area (Å²) in [5.74, 6) is 0.214. The number of ether oxygens (including phenoxy) is 1. The van der Waals surface area contributed by atoms with Crippen LogP contribution in [-0.4, -0.2) is 12.4 Å². The van der Waals surface area contributed by atoms with Gasteiger partial charge in [0.05, 0.1) is 5.92 Å². The molecule has 0 amide bonds. The molecule has 0 aromatic heterocycles. The monoisotopic (exact) mass is 334 g/mol. The summed E-state index contributed by atoms with van der Waals surface area (Å²) in [4.78, 5) is 12.4. The van der Waals surface area contributed by atoms with Crippen molar-refractivity contribution >= 4 is 21.7 Å². The number of rotatable bonds is 3. The molecule has 0 aliphatic carbocycles. The standard InChI is InChI=1S/C16H12BrFO2/c17-14-6-5-11(18)7-10(14)8-15(19)13-9-20-16-4-2-1-3-12(13)16/h1-7,13H,8-9H2. The van der Waals surface area contributed by atoms with E-state index in [0.717, 1.165) is 15.8 Å². The first-order chi connectivity index (χ1) is 9.65. The number of para-hydroxylation sites is 1. The summed E-state index contributed by atoms with van der Waals surface area (Å²) < 4.78 is 19.5. The molecule has 20 heavy (non-hydrogen) atoms. The van der Waals surface area contributed by atoms with E-state index in [1.54, 1.807) is 6.07 Å². The van der Waals surface area contributed by atoms with Crippen LogP contribution in [0.2, 0.25) is 0 Å². The molecule has 4 heteroatoms. The Morgan fingerprint density at radius 1 is 1.30 bits per heavy atom. The maximum Gasteiger partial charge on any atom is 0.148 e. The van der Waals surface area contributed by atoms with Crippen LogP contribution in [0.4, 0.5) is 4.39 Å².